The Morgan fingerprint density at radius 3 is 2.63 bits per heavy atom. The molecule has 6 heteroatoms. The highest BCUT2D eigenvalue weighted by atomic mass is 35.5. The number of piperidine rings is 1. The zero-order chi connectivity index (χ0) is 19.1. The number of likely N-dealkylation sites (tertiary alicyclic amines) is 1. The third-order valence-electron chi connectivity index (χ3n) is 4.97. The molecule has 3 rings (SSSR count). The van der Waals surface area contributed by atoms with E-state index in [0.29, 0.717) is 50.3 Å². The molecular formula is C21H24ClN3O2. The Morgan fingerprint density at radius 2 is 1.93 bits per heavy atom. The first kappa shape index (κ1) is 19.4. The van der Waals surface area contributed by atoms with Gasteiger partial charge in [0.25, 0.3) is 0 Å². The minimum Gasteiger partial charge on any atom is -0.352 e. The molecule has 0 unspecified atom stereocenters. The van der Waals surface area contributed by atoms with E-state index in [-0.39, 0.29) is 17.7 Å². The number of aromatic nitrogens is 1. The van der Waals surface area contributed by atoms with E-state index in [1.54, 1.807) is 12.4 Å². The van der Waals surface area contributed by atoms with Crippen LogP contribution in [0.5, 0.6) is 0 Å². The number of aryl methyl sites for hydroxylation is 1. The second-order valence-corrected chi connectivity index (χ2v) is 7.23. The van der Waals surface area contributed by atoms with Gasteiger partial charge in [0.15, 0.2) is 0 Å². The summed E-state index contributed by atoms with van der Waals surface area (Å²) in [6, 6.07) is 11.4. The number of nitrogens with zero attached hydrogens (tertiary/aromatic N) is 2. The molecule has 2 amide bonds. The van der Waals surface area contributed by atoms with Gasteiger partial charge in [-0.15, -0.1) is 0 Å². The predicted molar refractivity (Wildman–Crippen MR) is 105 cm³/mol. The third-order valence-corrected chi connectivity index (χ3v) is 5.34. The van der Waals surface area contributed by atoms with Crippen molar-refractivity contribution in [3.63, 3.8) is 0 Å². The molecule has 27 heavy (non-hydrogen) atoms. The molecule has 0 radical (unpaired) electrons. The molecule has 5 nitrogen and oxygen atoms in total. The maximum Gasteiger partial charge on any atom is 0.223 e. The lowest BCUT2D eigenvalue weighted by atomic mass is 9.95. The summed E-state index contributed by atoms with van der Waals surface area (Å²) in [5.41, 5.74) is 1.98. The molecule has 142 valence electrons. The van der Waals surface area contributed by atoms with Crippen LogP contribution in [0, 0.1) is 5.92 Å². The van der Waals surface area contributed by atoms with Crippen LogP contribution in [0.1, 0.15) is 30.4 Å². The average Bonchev–Trinajstić information content (AvgIpc) is 2.72. The van der Waals surface area contributed by atoms with Crippen LogP contribution < -0.4 is 5.32 Å². The minimum atomic E-state index is -0.0331. The quantitative estimate of drug-likeness (QED) is 0.830. The van der Waals surface area contributed by atoms with Crippen LogP contribution >= 0.6 is 11.6 Å². The van der Waals surface area contributed by atoms with Crippen LogP contribution in [0.25, 0.3) is 0 Å². The van der Waals surface area contributed by atoms with Crippen molar-refractivity contribution >= 4 is 23.4 Å². The first-order chi connectivity index (χ1) is 13.1. The van der Waals surface area contributed by atoms with Crippen LogP contribution in [0.2, 0.25) is 5.02 Å². The molecule has 0 atom stereocenters. The Hall–Kier alpha value is -2.40. The molecule has 1 aromatic heterocycles. The molecule has 1 aromatic carbocycles. The summed E-state index contributed by atoms with van der Waals surface area (Å²) < 4.78 is 0. The van der Waals surface area contributed by atoms with Gasteiger partial charge in [0.2, 0.25) is 11.8 Å². The van der Waals surface area contributed by atoms with Crippen LogP contribution in [-0.4, -0.2) is 34.8 Å². The van der Waals surface area contributed by atoms with Crippen LogP contribution in [0.15, 0.2) is 48.8 Å². The number of carbonyl (C=O) groups excluding carboxylic acids is 2. The van der Waals surface area contributed by atoms with Crippen molar-refractivity contribution in [1.29, 1.82) is 0 Å². The van der Waals surface area contributed by atoms with E-state index in [2.05, 4.69) is 10.3 Å². The van der Waals surface area contributed by atoms with Crippen molar-refractivity contribution in [2.45, 2.75) is 32.2 Å². The van der Waals surface area contributed by atoms with Crippen molar-refractivity contribution in [2.75, 3.05) is 13.1 Å². The van der Waals surface area contributed by atoms with Gasteiger partial charge in [0, 0.05) is 49.4 Å². The number of hydrogen-bond acceptors (Lipinski definition) is 3. The number of hydrogen-bond donors (Lipinski definition) is 1. The molecule has 0 aliphatic carbocycles. The smallest absolute Gasteiger partial charge is 0.223 e. The van der Waals surface area contributed by atoms with Gasteiger partial charge in [0.05, 0.1) is 0 Å². The van der Waals surface area contributed by atoms with Gasteiger partial charge in [-0.3, -0.25) is 14.6 Å². The van der Waals surface area contributed by atoms with E-state index in [1.165, 1.54) is 0 Å². The van der Waals surface area contributed by atoms with Gasteiger partial charge in [-0.05, 0) is 42.5 Å². The third kappa shape index (κ3) is 5.54. The lowest BCUT2D eigenvalue weighted by molar-refractivity contribution is -0.135. The first-order valence-electron chi connectivity index (χ1n) is 9.31. The summed E-state index contributed by atoms with van der Waals surface area (Å²) in [4.78, 5) is 30.7. The number of halogens is 1. The number of carbonyl (C=O) groups is 2. The lowest BCUT2D eigenvalue weighted by Gasteiger charge is -2.31. The molecule has 2 heterocycles. The van der Waals surface area contributed by atoms with Crippen molar-refractivity contribution in [2.24, 2.45) is 5.92 Å². The number of nitrogens with one attached hydrogen (secondary N) is 1. The van der Waals surface area contributed by atoms with Gasteiger partial charge in [0.1, 0.15) is 0 Å². The van der Waals surface area contributed by atoms with Gasteiger partial charge in [-0.2, -0.15) is 0 Å². The molecular weight excluding hydrogens is 362 g/mol. The van der Waals surface area contributed by atoms with Crippen LogP contribution in [0.4, 0.5) is 0 Å². The molecule has 0 spiro atoms. The Kier molecular flexibility index (Phi) is 6.82. The largest absolute Gasteiger partial charge is 0.352 e. The Bertz CT molecular complexity index is 774. The van der Waals surface area contributed by atoms with Gasteiger partial charge in [-0.1, -0.05) is 35.9 Å². The first-order valence-corrected chi connectivity index (χ1v) is 9.69. The Balaban J connectivity index is 1.40. The number of amides is 2. The van der Waals surface area contributed by atoms with Crippen molar-refractivity contribution in [3.8, 4) is 0 Å². The normalized spacial score (nSPS) is 14.8. The summed E-state index contributed by atoms with van der Waals surface area (Å²) in [6.07, 6.45) is 5.96. The van der Waals surface area contributed by atoms with Crippen LogP contribution in [-0.2, 0) is 22.6 Å². The number of pyridine rings is 1. The topological polar surface area (TPSA) is 62.3 Å². The van der Waals surface area contributed by atoms with Crippen molar-refractivity contribution in [3.05, 3.63) is 64.9 Å². The minimum absolute atomic E-state index is 0.0331. The summed E-state index contributed by atoms with van der Waals surface area (Å²) in [5, 5.41) is 3.67. The van der Waals surface area contributed by atoms with Crippen molar-refractivity contribution < 1.29 is 9.59 Å². The molecule has 1 aliphatic heterocycles. The molecule has 1 aliphatic rings. The number of rotatable bonds is 6. The van der Waals surface area contributed by atoms with Crippen molar-refractivity contribution in [1.82, 2.24) is 15.2 Å². The maximum absolute atomic E-state index is 12.4. The summed E-state index contributed by atoms with van der Waals surface area (Å²) in [6.45, 7) is 1.75. The second-order valence-electron chi connectivity index (χ2n) is 6.83. The van der Waals surface area contributed by atoms with Gasteiger partial charge >= 0.3 is 0 Å². The summed E-state index contributed by atoms with van der Waals surface area (Å²) in [7, 11) is 0. The standard InChI is InChI=1S/C21H24ClN3O2/c22-19-6-2-1-5-17(19)7-8-20(26)25-12-9-18(10-13-25)21(27)24-15-16-4-3-11-23-14-16/h1-6,11,14,18H,7-10,12-13,15H2,(H,24,27). The highest BCUT2D eigenvalue weighted by Crippen LogP contribution is 2.20. The summed E-state index contributed by atoms with van der Waals surface area (Å²) in [5.74, 6) is 0.153. The number of benzene rings is 1. The highest BCUT2D eigenvalue weighted by molar-refractivity contribution is 6.31. The molecule has 1 saturated heterocycles. The monoisotopic (exact) mass is 385 g/mol. The molecule has 1 fully saturated rings. The van der Waals surface area contributed by atoms with E-state index in [1.807, 2.05) is 41.3 Å². The SMILES string of the molecule is O=C(NCc1cccnc1)C1CCN(C(=O)CCc2ccccc2Cl)CC1. The fourth-order valence-electron chi connectivity index (χ4n) is 3.33. The fraction of sp³-hybridized carbons (Fsp3) is 0.381. The maximum atomic E-state index is 12.4. The van der Waals surface area contributed by atoms with E-state index in [4.69, 9.17) is 11.6 Å². The molecule has 2 aromatic rings. The van der Waals surface area contributed by atoms with E-state index in [9.17, 15) is 9.59 Å². The lowest BCUT2D eigenvalue weighted by Crippen LogP contribution is -2.43. The zero-order valence-electron chi connectivity index (χ0n) is 15.2. The fourth-order valence-corrected chi connectivity index (χ4v) is 3.56. The second kappa shape index (κ2) is 9.51. The molecule has 0 bridgehead atoms. The van der Waals surface area contributed by atoms with E-state index in [0.717, 1.165) is 11.1 Å². The average molecular weight is 386 g/mol. The summed E-state index contributed by atoms with van der Waals surface area (Å²) >= 11 is 6.15. The van der Waals surface area contributed by atoms with Gasteiger partial charge < -0.3 is 10.2 Å². The predicted octanol–water partition coefficient (Wildman–Crippen LogP) is 3.22. The van der Waals surface area contributed by atoms with Crippen LogP contribution in [0.3, 0.4) is 0 Å². The highest BCUT2D eigenvalue weighted by Gasteiger charge is 2.27. The van der Waals surface area contributed by atoms with E-state index < -0.39 is 0 Å². The van der Waals surface area contributed by atoms with E-state index >= 15 is 0 Å². The molecule has 0 saturated carbocycles. The Morgan fingerprint density at radius 1 is 1.15 bits per heavy atom. The Labute approximate surface area is 164 Å². The molecule has 1 N–H and O–H groups in total. The zero-order valence-corrected chi connectivity index (χ0v) is 16.0. The van der Waals surface area contributed by atoms with Gasteiger partial charge in [-0.25, -0.2) is 0 Å².